The van der Waals surface area contributed by atoms with Crippen LogP contribution in [0.2, 0.25) is 0 Å². The van der Waals surface area contributed by atoms with Crippen molar-refractivity contribution in [1.82, 2.24) is 33.8 Å². The van der Waals surface area contributed by atoms with E-state index in [-0.39, 0.29) is 53.3 Å². The Hall–Kier alpha value is -7.24. The number of aliphatic carboxylic acids is 1. The second-order valence-electron chi connectivity index (χ2n) is 17.5. The number of pyridine rings is 2. The number of carbonyl (C=O) groups is 2. The maximum Gasteiger partial charge on any atom is 0.415 e. The number of carboxylic acids is 1. The van der Waals surface area contributed by atoms with Gasteiger partial charge in [0.1, 0.15) is 17.2 Å². The fraction of sp³-hybridized carbons (Fsp3) is 0.347. The van der Waals surface area contributed by atoms with Crippen LogP contribution in [-0.4, -0.2) is 89.6 Å². The van der Waals surface area contributed by atoms with Crippen molar-refractivity contribution in [3.8, 4) is 51.7 Å². The van der Waals surface area contributed by atoms with Gasteiger partial charge in [0.25, 0.3) is 5.56 Å². The van der Waals surface area contributed by atoms with Gasteiger partial charge in [0, 0.05) is 64.9 Å². The second kappa shape index (κ2) is 17.0. The molecule has 7 aromatic rings. The Labute approximate surface area is 378 Å². The molecule has 1 saturated heterocycles. The van der Waals surface area contributed by atoms with Gasteiger partial charge in [-0.25, -0.2) is 19.1 Å². The van der Waals surface area contributed by atoms with E-state index < -0.39 is 29.8 Å². The minimum Gasteiger partial charge on any atom is -0.508 e. The second-order valence-corrected chi connectivity index (χ2v) is 17.5. The monoisotopic (exact) mass is 897 g/mol. The van der Waals surface area contributed by atoms with Crippen LogP contribution in [0.1, 0.15) is 87.1 Å². The highest BCUT2D eigenvalue weighted by Crippen LogP contribution is 2.41. The number of carboxylic acid groups (broad SMARTS) is 1. The molecule has 0 unspecified atom stereocenters. The number of fused-ring (bicyclic) bond motifs is 5. The Balaban J connectivity index is 0.856. The molecule has 1 amide bonds. The average Bonchev–Trinajstić information content (AvgIpc) is 4.01. The molecule has 66 heavy (non-hydrogen) atoms. The zero-order valence-electron chi connectivity index (χ0n) is 37.0. The molecular weight excluding hydrogens is 847 g/mol. The van der Waals surface area contributed by atoms with Gasteiger partial charge in [-0.3, -0.25) is 4.79 Å². The molecule has 0 bridgehead atoms. The van der Waals surface area contributed by atoms with Gasteiger partial charge in [-0.2, -0.15) is 0 Å². The number of aliphatic hydroxyl groups excluding tert-OH is 1. The van der Waals surface area contributed by atoms with E-state index in [0.29, 0.717) is 64.9 Å². The lowest BCUT2D eigenvalue weighted by Gasteiger charge is -2.31. The predicted octanol–water partition coefficient (Wildman–Crippen LogP) is 6.91. The first-order chi connectivity index (χ1) is 31.6. The summed E-state index contributed by atoms with van der Waals surface area (Å²) in [5.41, 5.74) is 2.37. The molecule has 9 rings (SSSR count). The number of benzene rings is 3. The van der Waals surface area contributed by atoms with Gasteiger partial charge in [0.15, 0.2) is 11.4 Å². The number of carbonyl (C=O) groups excluding carboxylic acids is 1. The largest absolute Gasteiger partial charge is 0.508 e. The zero-order chi connectivity index (χ0) is 46.8. The van der Waals surface area contributed by atoms with Crippen molar-refractivity contribution in [3.05, 3.63) is 105 Å². The normalized spacial score (nSPS) is 14.8. The van der Waals surface area contributed by atoms with Crippen LogP contribution in [0.25, 0.3) is 50.3 Å². The summed E-state index contributed by atoms with van der Waals surface area (Å²) in [6.07, 6.45) is 4.46. The van der Waals surface area contributed by atoms with Crippen LogP contribution >= 0.6 is 0 Å². The first-order valence-electron chi connectivity index (χ1n) is 22.2. The molecular formula is C49H51N7O10. The van der Waals surface area contributed by atoms with Crippen LogP contribution in [-0.2, 0) is 36.5 Å². The molecule has 1 atom stereocenters. The number of aryl methyl sites for hydroxylation is 2. The average molecular weight is 898 g/mol. The van der Waals surface area contributed by atoms with E-state index in [1.54, 1.807) is 29.2 Å². The van der Waals surface area contributed by atoms with E-state index >= 15 is 0 Å². The van der Waals surface area contributed by atoms with Crippen molar-refractivity contribution < 1.29 is 45.0 Å². The number of aromatic hydroxyl groups is 3. The van der Waals surface area contributed by atoms with E-state index in [0.717, 1.165) is 53.2 Å². The van der Waals surface area contributed by atoms with E-state index in [1.165, 1.54) is 28.2 Å². The van der Waals surface area contributed by atoms with E-state index in [4.69, 9.17) is 9.72 Å². The van der Waals surface area contributed by atoms with Gasteiger partial charge < -0.3 is 49.4 Å². The summed E-state index contributed by atoms with van der Waals surface area (Å²) in [5, 5.41) is 72.8. The summed E-state index contributed by atoms with van der Waals surface area (Å²) in [6, 6.07) is 17.0. The Kier molecular flexibility index (Phi) is 11.3. The van der Waals surface area contributed by atoms with E-state index in [2.05, 4.69) is 14.8 Å². The predicted molar refractivity (Wildman–Crippen MR) is 244 cm³/mol. The summed E-state index contributed by atoms with van der Waals surface area (Å²) < 4.78 is 11.0. The molecule has 0 radical (unpaired) electrons. The number of nitrogens with zero attached hydrogens (tertiary/aromatic N) is 7. The number of hydrogen-bond donors (Lipinski definition) is 6. The van der Waals surface area contributed by atoms with Crippen molar-refractivity contribution in [1.29, 1.82) is 0 Å². The number of hydrogen-bond acceptors (Lipinski definition) is 12. The molecule has 2 aliphatic heterocycles. The van der Waals surface area contributed by atoms with Gasteiger partial charge in [-0.15, -0.1) is 5.10 Å². The fourth-order valence-corrected chi connectivity index (χ4v) is 9.71. The van der Waals surface area contributed by atoms with Crippen LogP contribution in [0.5, 0.6) is 23.3 Å². The molecule has 0 saturated carbocycles. The number of likely N-dealkylation sites (tertiary alicyclic amines) is 1. The minimum atomic E-state index is -2.37. The highest BCUT2D eigenvalue weighted by molar-refractivity contribution is 5.90. The first-order valence-corrected chi connectivity index (χ1v) is 22.2. The first kappa shape index (κ1) is 44.0. The minimum absolute atomic E-state index is 0.0206. The Morgan fingerprint density at radius 3 is 2.41 bits per heavy atom. The van der Waals surface area contributed by atoms with Gasteiger partial charge in [0.2, 0.25) is 0 Å². The van der Waals surface area contributed by atoms with Crippen molar-refractivity contribution in [3.63, 3.8) is 0 Å². The van der Waals surface area contributed by atoms with Crippen molar-refractivity contribution in [2.45, 2.75) is 91.0 Å². The van der Waals surface area contributed by atoms with Crippen LogP contribution in [0.15, 0.2) is 71.7 Å². The molecule has 17 nitrogen and oxygen atoms in total. The molecule has 6 heterocycles. The lowest BCUT2D eigenvalue weighted by Crippen LogP contribution is -2.40. The topological polar surface area (TPSA) is 239 Å². The third kappa shape index (κ3) is 7.37. The number of aromatic nitrogens is 6. The van der Waals surface area contributed by atoms with Crippen LogP contribution < -0.4 is 10.3 Å². The maximum absolute atomic E-state index is 13.7. The van der Waals surface area contributed by atoms with Gasteiger partial charge in [-0.05, 0) is 110 Å². The lowest BCUT2D eigenvalue weighted by atomic mass is 9.87. The molecule has 342 valence electrons. The molecule has 1 fully saturated rings. The number of rotatable bonds is 12. The summed E-state index contributed by atoms with van der Waals surface area (Å²) in [6.45, 7) is 8.59. The quantitative estimate of drug-likeness (QED) is 0.0732. The molecule has 2 aliphatic rings. The Bertz CT molecular complexity index is 3140. The van der Waals surface area contributed by atoms with Crippen LogP contribution in [0, 0.1) is 5.92 Å². The van der Waals surface area contributed by atoms with Crippen molar-refractivity contribution in [2.75, 3.05) is 13.1 Å². The van der Waals surface area contributed by atoms with Crippen LogP contribution in [0.3, 0.4) is 0 Å². The van der Waals surface area contributed by atoms with Crippen molar-refractivity contribution in [2.24, 2.45) is 5.92 Å². The van der Waals surface area contributed by atoms with E-state index in [9.17, 15) is 45.0 Å². The number of aliphatic hydroxyl groups is 2. The number of phenolic OH excluding ortho intramolecular Hbond substituents is 2. The van der Waals surface area contributed by atoms with Gasteiger partial charge in [-0.1, -0.05) is 32.8 Å². The van der Waals surface area contributed by atoms with Crippen LogP contribution in [0.4, 0.5) is 4.79 Å². The molecule has 0 aliphatic carbocycles. The SMILES string of the molecule is CCc1c2c(nc3ccc(OC(=O)N4CCC(CCn5ccc6cc(-n7c(O)nnc7-c7cc(C(C)C)c(O)cc7O)ccc65)CC4)cc13)-c1cc([C@@](O)(CC)C(=O)O)c(CO)c(=O)n1C2. The Morgan fingerprint density at radius 1 is 0.939 bits per heavy atom. The molecule has 4 aromatic heterocycles. The third-order valence-corrected chi connectivity index (χ3v) is 13.5. The zero-order valence-corrected chi connectivity index (χ0v) is 37.0. The van der Waals surface area contributed by atoms with E-state index in [1.807, 2.05) is 51.2 Å². The smallest absolute Gasteiger partial charge is 0.415 e. The molecule has 0 spiro atoms. The molecule has 6 N–H and O–H groups in total. The summed E-state index contributed by atoms with van der Waals surface area (Å²) in [4.78, 5) is 45.9. The number of amides is 1. The van der Waals surface area contributed by atoms with Gasteiger partial charge in [0.05, 0.1) is 41.3 Å². The fourth-order valence-electron chi connectivity index (χ4n) is 9.71. The number of ether oxygens (including phenoxy) is 1. The Morgan fingerprint density at radius 2 is 1.71 bits per heavy atom. The molecule has 3 aromatic carbocycles. The standard InChI is InChI=1S/C49H51N7O10/c1-5-31-33-20-30(8-9-38(33)50-43-35(31)24-55-40(43)22-37(36(25-57)45(55)60)49(65,6-2)46(61)62)66-48(64)54-16-12-27(13-17-54)11-15-53-18-14-28-19-29(7-10-39(28)53)56-44(51-52-47(56)63)34-21-32(26(3)4)41(58)23-42(34)59/h7-10,14,18-23,26-27,57-59,65H,5-6,11-13,15-17,24-25H2,1-4H3,(H,52,63)(H,61,62)/t49-/m0/s1. The summed E-state index contributed by atoms with van der Waals surface area (Å²) in [5.74, 6) is -0.767. The van der Waals surface area contributed by atoms with Gasteiger partial charge >= 0.3 is 18.1 Å². The lowest BCUT2D eigenvalue weighted by molar-refractivity contribution is -0.160. The number of piperidine rings is 1. The summed E-state index contributed by atoms with van der Waals surface area (Å²) in [7, 11) is 0. The van der Waals surface area contributed by atoms with Crippen molar-refractivity contribution >= 4 is 33.9 Å². The highest BCUT2D eigenvalue weighted by Gasteiger charge is 2.41. The maximum atomic E-state index is 13.7. The number of phenols is 2. The third-order valence-electron chi connectivity index (χ3n) is 13.5. The highest BCUT2D eigenvalue weighted by atomic mass is 16.6. The molecule has 17 heteroatoms. The summed E-state index contributed by atoms with van der Waals surface area (Å²) >= 11 is 0.